The number of hydrogen-bond acceptors (Lipinski definition) is 7. The smallest absolute Gasteiger partial charge is 0.238 e. The van der Waals surface area contributed by atoms with Gasteiger partial charge in [0.15, 0.2) is 0 Å². The van der Waals surface area contributed by atoms with Crippen molar-refractivity contribution >= 4 is 35.0 Å². The number of nitrogens with one attached hydrogen (secondary N) is 1. The highest BCUT2D eigenvalue weighted by atomic mass is 16.3. The monoisotopic (exact) mass is 582 g/mol. The van der Waals surface area contributed by atoms with Gasteiger partial charge in [0.1, 0.15) is 5.75 Å². The number of carbonyl (C=O) groups is 2. The van der Waals surface area contributed by atoms with Crippen molar-refractivity contribution in [1.82, 2.24) is 0 Å². The molecule has 2 amide bonds. The number of aliphatic hydroxyl groups excluding tert-OH is 3. The Labute approximate surface area is 251 Å². The Morgan fingerprint density at radius 3 is 2.35 bits per heavy atom. The second-order valence-corrected chi connectivity index (χ2v) is 11.2. The second-order valence-electron chi connectivity index (χ2n) is 11.2. The molecule has 1 saturated heterocycles. The van der Waals surface area contributed by atoms with Gasteiger partial charge in [-0.2, -0.15) is 0 Å². The number of anilines is 3. The van der Waals surface area contributed by atoms with Crippen molar-refractivity contribution in [2.45, 2.75) is 38.7 Å². The number of amides is 2. The normalized spacial score (nSPS) is 21.3. The average Bonchev–Trinajstić information content (AvgIpc) is 3.27. The van der Waals surface area contributed by atoms with Gasteiger partial charge in [-0.1, -0.05) is 48.9 Å². The number of aromatic hydroxyl groups is 1. The van der Waals surface area contributed by atoms with E-state index in [-0.39, 0.29) is 24.7 Å². The lowest BCUT2D eigenvalue weighted by Gasteiger charge is -2.36. The van der Waals surface area contributed by atoms with E-state index in [1.807, 2.05) is 49.4 Å². The van der Waals surface area contributed by atoms with E-state index >= 15 is 0 Å². The summed E-state index contributed by atoms with van der Waals surface area (Å²) in [6.07, 6.45) is 2.74. The van der Waals surface area contributed by atoms with Gasteiger partial charge in [0.05, 0.1) is 36.8 Å². The fourth-order valence-corrected chi connectivity index (χ4v) is 6.42. The molecule has 43 heavy (non-hydrogen) atoms. The van der Waals surface area contributed by atoms with Crippen LogP contribution in [0.2, 0.25) is 0 Å². The molecule has 1 fully saturated rings. The molecule has 0 bridgehead atoms. The predicted octanol–water partition coefficient (Wildman–Crippen LogP) is 5.18. The van der Waals surface area contributed by atoms with E-state index in [9.17, 15) is 30.0 Å². The zero-order chi connectivity index (χ0) is 30.5. The van der Waals surface area contributed by atoms with Gasteiger partial charge in [0.2, 0.25) is 11.8 Å². The third-order valence-electron chi connectivity index (χ3n) is 8.55. The molecule has 3 aromatic rings. The molecule has 2 aliphatic rings. The summed E-state index contributed by atoms with van der Waals surface area (Å²) in [6.45, 7) is 1.22. The standard InChI is InChI=1S/C35H38N2O6/c1-2-22(17-23-7-6-10-28(40)18-23)11-16-31(41)32-24(20-38)19-29-33(30(32)21-39)35(43)37(34(29)42)27-14-12-26(13-15-27)36-25-8-4-3-5-9-25/h3-10,12-15,17-18,29-31,33,36,38-41H,2,11,16,19-21H2,1H3/b22-17+/t29-,30+,31-,33-/m1/s1. The van der Waals surface area contributed by atoms with Crippen LogP contribution in [-0.2, 0) is 9.59 Å². The number of imide groups is 1. The van der Waals surface area contributed by atoms with Crippen LogP contribution in [0.1, 0.15) is 38.2 Å². The zero-order valence-corrected chi connectivity index (χ0v) is 24.2. The molecule has 0 radical (unpaired) electrons. The molecule has 8 heteroatoms. The van der Waals surface area contributed by atoms with Gasteiger partial charge in [0.25, 0.3) is 0 Å². The number of nitrogens with zero attached hydrogens (tertiary/aromatic N) is 1. The van der Waals surface area contributed by atoms with Crippen molar-refractivity contribution in [2.75, 3.05) is 23.4 Å². The minimum atomic E-state index is -1.00. The molecular formula is C35H38N2O6. The van der Waals surface area contributed by atoms with Gasteiger partial charge in [-0.15, -0.1) is 0 Å². The molecule has 8 nitrogen and oxygen atoms in total. The highest BCUT2D eigenvalue weighted by Gasteiger charge is 2.55. The minimum absolute atomic E-state index is 0.151. The van der Waals surface area contributed by atoms with Crippen LogP contribution in [0, 0.1) is 17.8 Å². The molecule has 0 aromatic heterocycles. The van der Waals surface area contributed by atoms with Crippen LogP contribution in [0.3, 0.4) is 0 Å². The van der Waals surface area contributed by atoms with Crippen LogP contribution in [0.25, 0.3) is 6.08 Å². The van der Waals surface area contributed by atoms with Crippen LogP contribution in [0.4, 0.5) is 17.1 Å². The van der Waals surface area contributed by atoms with Crippen molar-refractivity contribution in [2.24, 2.45) is 17.8 Å². The number of para-hydroxylation sites is 1. The molecule has 0 unspecified atom stereocenters. The zero-order valence-electron chi connectivity index (χ0n) is 24.2. The number of allylic oxidation sites excluding steroid dienone is 1. The summed E-state index contributed by atoms with van der Waals surface area (Å²) in [6, 6.07) is 23.6. The first-order chi connectivity index (χ1) is 20.8. The van der Waals surface area contributed by atoms with Gasteiger partial charge in [0, 0.05) is 17.3 Å². The van der Waals surface area contributed by atoms with Gasteiger partial charge in [-0.05, 0) is 90.9 Å². The van der Waals surface area contributed by atoms with Gasteiger partial charge in [-0.3, -0.25) is 14.5 Å². The van der Waals surface area contributed by atoms with Crippen LogP contribution in [0.5, 0.6) is 5.75 Å². The lowest BCUT2D eigenvalue weighted by Crippen LogP contribution is -2.39. The number of carbonyl (C=O) groups excluding carboxylic acids is 2. The van der Waals surface area contributed by atoms with Crippen molar-refractivity contribution in [3.05, 3.63) is 101 Å². The van der Waals surface area contributed by atoms with Crippen LogP contribution >= 0.6 is 0 Å². The molecule has 4 atom stereocenters. The first kappa shape index (κ1) is 30.2. The van der Waals surface area contributed by atoms with E-state index in [1.54, 1.807) is 42.5 Å². The number of phenols is 1. The van der Waals surface area contributed by atoms with E-state index in [1.165, 1.54) is 4.90 Å². The number of aliphatic hydroxyl groups is 3. The van der Waals surface area contributed by atoms with Crippen LogP contribution < -0.4 is 10.2 Å². The fraction of sp³-hybridized carbons (Fsp3) is 0.314. The molecule has 5 rings (SSSR count). The molecule has 1 aliphatic carbocycles. The first-order valence-electron chi connectivity index (χ1n) is 14.7. The maximum absolute atomic E-state index is 13.8. The lowest BCUT2D eigenvalue weighted by atomic mass is 9.68. The maximum Gasteiger partial charge on any atom is 0.238 e. The quantitative estimate of drug-likeness (QED) is 0.156. The Hall–Kier alpha value is -4.24. The lowest BCUT2D eigenvalue weighted by molar-refractivity contribution is -0.123. The first-order valence-corrected chi connectivity index (χ1v) is 14.7. The molecule has 0 saturated carbocycles. The van der Waals surface area contributed by atoms with E-state index in [2.05, 4.69) is 5.32 Å². The number of hydrogen-bond donors (Lipinski definition) is 5. The van der Waals surface area contributed by atoms with Gasteiger partial charge >= 0.3 is 0 Å². The Bertz CT molecular complexity index is 1510. The molecule has 1 aliphatic heterocycles. The Kier molecular flexibility index (Phi) is 9.40. The molecule has 1 heterocycles. The molecule has 5 N–H and O–H groups in total. The number of fused-ring (bicyclic) bond motifs is 1. The summed E-state index contributed by atoms with van der Waals surface area (Å²) >= 11 is 0. The van der Waals surface area contributed by atoms with Crippen molar-refractivity contribution < 1.29 is 30.0 Å². The van der Waals surface area contributed by atoms with E-state index < -0.39 is 36.4 Å². The third kappa shape index (κ3) is 6.41. The minimum Gasteiger partial charge on any atom is -0.508 e. The predicted molar refractivity (Wildman–Crippen MR) is 167 cm³/mol. The van der Waals surface area contributed by atoms with Gasteiger partial charge < -0.3 is 25.7 Å². The number of benzene rings is 3. The number of phenolic OH excluding ortho intramolecular Hbond substituents is 1. The second kappa shape index (κ2) is 13.4. The average molecular weight is 583 g/mol. The van der Waals surface area contributed by atoms with Crippen molar-refractivity contribution in [3.63, 3.8) is 0 Å². The van der Waals surface area contributed by atoms with E-state index in [0.717, 1.165) is 28.9 Å². The number of rotatable bonds is 11. The summed E-state index contributed by atoms with van der Waals surface area (Å²) in [5, 5.41) is 45.2. The largest absolute Gasteiger partial charge is 0.508 e. The summed E-state index contributed by atoms with van der Waals surface area (Å²) < 4.78 is 0. The maximum atomic E-state index is 13.8. The molecule has 224 valence electrons. The summed E-state index contributed by atoms with van der Waals surface area (Å²) in [7, 11) is 0. The van der Waals surface area contributed by atoms with Crippen molar-refractivity contribution in [1.29, 1.82) is 0 Å². The highest BCUT2D eigenvalue weighted by molar-refractivity contribution is 6.22. The highest BCUT2D eigenvalue weighted by Crippen LogP contribution is 2.47. The Morgan fingerprint density at radius 1 is 0.977 bits per heavy atom. The fourth-order valence-electron chi connectivity index (χ4n) is 6.42. The van der Waals surface area contributed by atoms with Crippen LogP contribution in [-0.4, -0.2) is 51.6 Å². The van der Waals surface area contributed by atoms with E-state index in [0.29, 0.717) is 29.7 Å². The SMILES string of the molecule is CC/C(=C\c1cccc(O)c1)CC[C@@H](O)C1=C(CO)C[C@H]2C(=O)N(c3ccc(Nc4ccccc4)cc3)C(=O)[C@H]2[C@H]1CO. The molecule has 0 spiro atoms. The molecular weight excluding hydrogens is 544 g/mol. The van der Waals surface area contributed by atoms with Crippen molar-refractivity contribution in [3.8, 4) is 5.75 Å². The molecule has 3 aromatic carbocycles. The summed E-state index contributed by atoms with van der Waals surface area (Å²) in [4.78, 5) is 28.6. The topological polar surface area (TPSA) is 130 Å². The third-order valence-corrected chi connectivity index (χ3v) is 8.55. The van der Waals surface area contributed by atoms with Crippen LogP contribution in [0.15, 0.2) is 95.6 Å². The Balaban J connectivity index is 1.34. The Morgan fingerprint density at radius 2 is 1.70 bits per heavy atom. The van der Waals surface area contributed by atoms with E-state index in [4.69, 9.17) is 0 Å². The summed E-state index contributed by atoms with van der Waals surface area (Å²) in [5.41, 5.74) is 5.05. The van der Waals surface area contributed by atoms with Gasteiger partial charge in [-0.25, -0.2) is 0 Å². The summed E-state index contributed by atoms with van der Waals surface area (Å²) in [5.74, 6) is -2.92.